The van der Waals surface area contributed by atoms with E-state index < -0.39 is 0 Å². The average molecular weight is 274 g/mol. The van der Waals surface area contributed by atoms with Gasteiger partial charge in [0, 0.05) is 30.4 Å². The SMILES string of the molecule is CCCNc1ccc(C(=O)N2CCCCCC2C)cc1. The van der Waals surface area contributed by atoms with Gasteiger partial charge in [-0.15, -0.1) is 0 Å². The second-order valence-electron chi connectivity index (χ2n) is 5.70. The van der Waals surface area contributed by atoms with Crippen LogP contribution in [0.4, 0.5) is 5.69 Å². The Balaban J connectivity index is 2.04. The van der Waals surface area contributed by atoms with Gasteiger partial charge in [0.15, 0.2) is 0 Å². The number of carbonyl (C=O) groups excluding carboxylic acids is 1. The topological polar surface area (TPSA) is 32.3 Å². The molecule has 1 aromatic carbocycles. The van der Waals surface area contributed by atoms with E-state index in [0.717, 1.165) is 43.6 Å². The monoisotopic (exact) mass is 274 g/mol. The Morgan fingerprint density at radius 3 is 2.70 bits per heavy atom. The molecule has 110 valence electrons. The van der Waals surface area contributed by atoms with Gasteiger partial charge in [-0.1, -0.05) is 19.8 Å². The normalized spacial score (nSPS) is 19.5. The molecule has 1 amide bonds. The van der Waals surface area contributed by atoms with E-state index in [0.29, 0.717) is 6.04 Å². The number of likely N-dealkylation sites (tertiary alicyclic amines) is 1. The molecule has 1 aliphatic rings. The zero-order valence-corrected chi connectivity index (χ0v) is 12.7. The number of carbonyl (C=O) groups is 1. The maximum atomic E-state index is 12.6. The Labute approximate surface area is 122 Å². The van der Waals surface area contributed by atoms with Crippen LogP contribution >= 0.6 is 0 Å². The Bertz CT molecular complexity index is 427. The molecule has 3 heteroatoms. The number of nitrogens with zero attached hydrogens (tertiary/aromatic N) is 1. The fourth-order valence-electron chi connectivity index (χ4n) is 2.74. The molecule has 0 radical (unpaired) electrons. The van der Waals surface area contributed by atoms with E-state index >= 15 is 0 Å². The van der Waals surface area contributed by atoms with Crippen LogP contribution in [0.25, 0.3) is 0 Å². The summed E-state index contributed by atoms with van der Waals surface area (Å²) in [4.78, 5) is 14.6. The standard InChI is InChI=1S/C17H26N2O/c1-3-12-18-16-10-8-15(9-11-16)17(20)19-13-6-4-5-7-14(19)2/h8-11,14,18H,3-7,12-13H2,1-2H3. The largest absolute Gasteiger partial charge is 0.385 e. The molecule has 0 aliphatic carbocycles. The van der Waals surface area contributed by atoms with E-state index in [1.807, 2.05) is 29.2 Å². The van der Waals surface area contributed by atoms with Gasteiger partial charge in [-0.25, -0.2) is 0 Å². The van der Waals surface area contributed by atoms with Crippen molar-refractivity contribution in [2.24, 2.45) is 0 Å². The molecule has 1 heterocycles. The first-order valence-electron chi connectivity index (χ1n) is 7.87. The lowest BCUT2D eigenvalue weighted by molar-refractivity contribution is 0.0698. The molecule has 1 aliphatic heterocycles. The van der Waals surface area contributed by atoms with Crippen molar-refractivity contribution in [3.63, 3.8) is 0 Å². The summed E-state index contributed by atoms with van der Waals surface area (Å²) in [6, 6.07) is 8.26. The summed E-state index contributed by atoms with van der Waals surface area (Å²) >= 11 is 0. The van der Waals surface area contributed by atoms with Crippen molar-refractivity contribution in [2.75, 3.05) is 18.4 Å². The van der Waals surface area contributed by atoms with Crippen molar-refractivity contribution < 1.29 is 4.79 Å². The molecule has 0 spiro atoms. The number of amides is 1. The molecular formula is C17H26N2O. The van der Waals surface area contributed by atoms with Crippen molar-refractivity contribution in [3.05, 3.63) is 29.8 Å². The Morgan fingerprint density at radius 1 is 1.25 bits per heavy atom. The number of nitrogens with one attached hydrogen (secondary N) is 1. The molecule has 0 bridgehead atoms. The van der Waals surface area contributed by atoms with E-state index in [9.17, 15) is 4.79 Å². The van der Waals surface area contributed by atoms with E-state index in [2.05, 4.69) is 19.2 Å². The quantitative estimate of drug-likeness (QED) is 0.902. The van der Waals surface area contributed by atoms with Gasteiger partial charge in [-0.05, 0) is 50.5 Å². The zero-order valence-electron chi connectivity index (χ0n) is 12.7. The third-order valence-electron chi connectivity index (χ3n) is 4.02. The second-order valence-corrected chi connectivity index (χ2v) is 5.70. The molecule has 1 saturated heterocycles. The number of anilines is 1. The molecule has 2 rings (SSSR count). The summed E-state index contributed by atoms with van der Waals surface area (Å²) in [6.45, 7) is 6.18. The van der Waals surface area contributed by atoms with Crippen molar-refractivity contribution in [2.45, 2.75) is 52.0 Å². The zero-order chi connectivity index (χ0) is 14.4. The van der Waals surface area contributed by atoms with Gasteiger partial charge >= 0.3 is 0 Å². The lowest BCUT2D eigenvalue weighted by Gasteiger charge is -2.27. The van der Waals surface area contributed by atoms with Gasteiger partial charge in [-0.3, -0.25) is 4.79 Å². The molecule has 0 saturated carbocycles. The summed E-state index contributed by atoms with van der Waals surface area (Å²) in [5.74, 6) is 0.182. The summed E-state index contributed by atoms with van der Waals surface area (Å²) < 4.78 is 0. The van der Waals surface area contributed by atoms with E-state index in [4.69, 9.17) is 0 Å². The maximum Gasteiger partial charge on any atom is 0.254 e. The Morgan fingerprint density at radius 2 is 2.00 bits per heavy atom. The summed E-state index contributed by atoms with van der Waals surface area (Å²) in [6.07, 6.45) is 5.85. The highest BCUT2D eigenvalue weighted by molar-refractivity contribution is 5.94. The number of benzene rings is 1. The third kappa shape index (κ3) is 3.75. The highest BCUT2D eigenvalue weighted by Gasteiger charge is 2.22. The van der Waals surface area contributed by atoms with Crippen molar-refractivity contribution in [1.29, 1.82) is 0 Å². The minimum Gasteiger partial charge on any atom is -0.385 e. The Kier molecular flexibility index (Phi) is 5.45. The van der Waals surface area contributed by atoms with Crippen LogP contribution in [-0.2, 0) is 0 Å². The molecule has 1 N–H and O–H groups in total. The smallest absolute Gasteiger partial charge is 0.254 e. The maximum absolute atomic E-state index is 12.6. The van der Waals surface area contributed by atoms with Gasteiger partial charge in [0.1, 0.15) is 0 Å². The van der Waals surface area contributed by atoms with Gasteiger partial charge in [0.25, 0.3) is 5.91 Å². The molecular weight excluding hydrogens is 248 g/mol. The number of hydrogen-bond acceptors (Lipinski definition) is 2. The minimum atomic E-state index is 0.182. The third-order valence-corrected chi connectivity index (χ3v) is 4.02. The molecule has 1 fully saturated rings. The molecule has 1 atom stereocenters. The first-order chi connectivity index (χ1) is 9.72. The second kappa shape index (κ2) is 7.32. The van der Waals surface area contributed by atoms with Crippen molar-refractivity contribution >= 4 is 11.6 Å². The van der Waals surface area contributed by atoms with Crippen LogP contribution in [0.5, 0.6) is 0 Å². The van der Waals surface area contributed by atoms with Crippen LogP contribution in [0.1, 0.15) is 56.3 Å². The molecule has 1 aromatic rings. The molecule has 1 unspecified atom stereocenters. The predicted molar refractivity (Wildman–Crippen MR) is 84.2 cm³/mol. The van der Waals surface area contributed by atoms with Crippen molar-refractivity contribution in [1.82, 2.24) is 4.90 Å². The van der Waals surface area contributed by atoms with Gasteiger partial charge in [0.2, 0.25) is 0 Å². The lowest BCUT2D eigenvalue weighted by atomic mass is 10.1. The van der Waals surface area contributed by atoms with E-state index in [1.54, 1.807) is 0 Å². The van der Waals surface area contributed by atoms with Crippen LogP contribution in [0.15, 0.2) is 24.3 Å². The Hall–Kier alpha value is -1.51. The first-order valence-corrected chi connectivity index (χ1v) is 7.87. The highest BCUT2D eigenvalue weighted by atomic mass is 16.2. The summed E-state index contributed by atoms with van der Waals surface area (Å²) in [5.41, 5.74) is 1.90. The van der Waals surface area contributed by atoms with Crippen molar-refractivity contribution in [3.8, 4) is 0 Å². The first kappa shape index (κ1) is 14.9. The summed E-state index contributed by atoms with van der Waals surface area (Å²) in [7, 11) is 0. The van der Waals surface area contributed by atoms with E-state index in [-0.39, 0.29) is 5.91 Å². The molecule has 0 aromatic heterocycles. The van der Waals surface area contributed by atoms with Gasteiger partial charge < -0.3 is 10.2 Å². The van der Waals surface area contributed by atoms with Crippen LogP contribution < -0.4 is 5.32 Å². The molecule has 20 heavy (non-hydrogen) atoms. The van der Waals surface area contributed by atoms with Crippen LogP contribution in [0.3, 0.4) is 0 Å². The number of rotatable bonds is 4. The fraction of sp³-hybridized carbons (Fsp3) is 0.588. The lowest BCUT2D eigenvalue weighted by Crippen LogP contribution is -2.38. The molecule has 3 nitrogen and oxygen atoms in total. The fourth-order valence-corrected chi connectivity index (χ4v) is 2.74. The summed E-state index contributed by atoms with van der Waals surface area (Å²) in [5, 5.41) is 3.33. The van der Waals surface area contributed by atoms with Crippen LogP contribution in [0.2, 0.25) is 0 Å². The minimum absolute atomic E-state index is 0.182. The van der Waals surface area contributed by atoms with Crippen LogP contribution in [0, 0.1) is 0 Å². The van der Waals surface area contributed by atoms with Crippen LogP contribution in [-0.4, -0.2) is 29.9 Å². The van der Waals surface area contributed by atoms with Gasteiger partial charge in [-0.2, -0.15) is 0 Å². The van der Waals surface area contributed by atoms with Gasteiger partial charge in [0.05, 0.1) is 0 Å². The highest BCUT2D eigenvalue weighted by Crippen LogP contribution is 2.19. The average Bonchev–Trinajstić information content (AvgIpc) is 2.69. The number of hydrogen-bond donors (Lipinski definition) is 1. The van der Waals surface area contributed by atoms with E-state index in [1.165, 1.54) is 12.8 Å². The predicted octanol–water partition coefficient (Wildman–Crippen LogP) is 3.91.